The smallest absolute Gasteiger partial charge is 0.311 e. The number of aromatic nitrogens is 1. The summed E-state index contributed by atoms with van der Waals surface area (Å²) in [6.45, 7) is -0.145. The standard InChI is InChI=1S/C14H9ClN2O4S/c15-9-4-3-7-12-13(9)16(14(18)22-12)8-21-11-6-2-1-5-10(11)17(19)20/h1-7H,8H2. The first-order valence-corrected chi connectivity index (χ1v) is 7.41. The Morgan fingerprint density at radius 3 is 2.77 bits per heavy atom. The van der Waals surface area contributed by atoms with Crippen LogP contribution in [0.15, 0.2) is 47.3 Å². The van der Waals surface area contributed by atoms with Crippen LogP contribution in [0, 0.1) is 10.1 Å². The summed E-state index contributed by atoms with van der Waals surface area (Å²) in [6, 6.07) is 11.2. The van der Waals surface area contributed by atoms with Crippen LogP contribution in [0.5, 0.6) is 5.75 Å². The minimum atomic E-state index is -0.531. The van der Waals surface area contributed by atoms with Crippen molar-refractivity contribution >= 4 is 38.8 Å². The van der Waals surface area contributed by atoms with E-state index in [1.807, 2.05) is 0 Å². The van der Waals surface area contributed by atoms with Gasteiger partial charge < -0.3 is 4.74 Å². The number of para-hydroxylation sites is 3. The maximum atomic E-state index is 12.0. The monoisotopic (exact) mass is 336 g/mol. The van der Waals surface area contributed by atoms with Crippen LogP contribution in [-0.2, 0) is 6.73 Å². The summed E-state index contributed by atoms with van der Waals surface area (Å²) in [7, 11) is 0. The fraction of sp³-hybridized carbons (Fsp3) is 0.0714. The molecule has 2 aromatic carbocycles. The van der Waals surface area contributed by atoms with Gasteiger partial charge >= 0.3 is 10.6 Å². The van der Waals surface area contributed by atoms with E-state index >= 15 is 0 Å². The SMILES string of the molecule is O=c1sc2cccc(Cl)c2n1COc1ccccc1[N+](=O)[O-]. The van der Waals surface area contributed by atoms with E-state index in [0.717, 1.165) is 16.0 Å². The Bertz CT molecular complexity index is 919. The summed E-state index contributed by atoms with van der Waals surface area (Å²) in [6.07, 6.45) is 0. The number of ether oxygens (including phenoxy) is 1. The second kappa shape index (κ2) is 5.78. The predicted molar refractivity (Wildman–Crippen MR) is 84.8 cm³/mol. The summed E-state index contributed by atoms with van der Waals surface area (Å²) < 4.78 is 7.56. The van der Waals surface area contributed by atoms with Crippen molar-refractivity contribution in [2.75, 3.05) is 0 Å². The third-order valence-electron chi connectivity index (χ3n) is 3.05. The first-order valence-electron chi connectivity index (χ1n) is 6.22. The van der Waals surface area contributed by atoms with E-state index in [0.29, 0.717) is 10.5 Å². The van der Waals surface area contributed by atoms with E-state index in [-0.39, 0.29) is 23.0 Å². The number of benzene rings is 2. The molecule has 0 bridgehead atoms. The van der Waals surface area contributed by atoms with E-state index < -0.39 is 4.92 Å². The van der Waals surface area contributed by atoms with Crippen LogP contribution in [-0.4, -0.2) is 9.49 Å². The Balaban J connectivity index is 1.97. The minimum absolute atomic E-state index is 0.103. The summed E-state index contributed by atoms with van der Waals surface area (Å²) in [5, 5.41) is 11.4. The van der Waals surface area contributed by atoms with Gasteiger partial charge in [0.15, 0.2) is 12.5 Å². The van der Waals surface area contributed by atoms with Crippen LogP contribution >= 0.6 is 22.9 Å². The summed E-state index contributed by atoms with van der Waals surface area (Å²) in [5.74, 6) is 0.103. The van der Waals surface area contributed by atoms with Crippen LogP contribution < -0.4 is 9.61 Å². The number of thiazole rings is 1. The second-order valence-electron chi connectivity index (χ2n) is 4.38. The topological polar surface area (TPSA) is 74.4 Å². The molecule has 0 radical (unpaired) electrons. The number of hydrogen-bond acceptors (Lipinski definition) is 5. The van der Waals surface area contributed by atoms with E-state index in [4.69, 9.17) is 16.3 Å². The number of fused-ring (bicyclic) bond motifs is 1. The first-order chi connectivity index (χ1) is 10.6. The number of nitro benzene ring substituents is 1. The molecule has 0 atom stereocenters. The predicted octanol–water partition coefficient (Wildman–Crippen LogP) is 3.66. The van der Waals surface area contributed by atoms with Crippen LogP contribution in [0.25, 0.3) is 10.2 Å². The molecular weight excluding hydrogens is 328 g/mol. The van der Waals surface area contributed by atoms with Crippen molar-refractivity contribution in [1.82, 2.24) is 4.57 Å². The molecule has 0 aliphatic heterocycles. The molecule has 0 aliphatic carbocycles. The van der Waals surface area contributed by atoms with Gasteiger partial charge in [0.25, 0.3) is 0 Å². The molecule has 1 heterocycles. The van der Waals surface area contributed by atoms with Gasteiger partial charge in [-0.25, -0.2) is 0 Å². The second-order valence-corrected chi connectivity index (χ2v) is 5.78. The van der Waals surface area contributed by atoms with E-state index in [9.17, 15) is 14.9 Å². The lowest BCUT2D eigenvalue weighted by Gasteiger charge is -2.08. The summed E-state index contributed by atoms with van der Waals surface area (Å²) in [4.78, 5) is 22.2. The molecule has 0 unspecified atom stereocenters. The number of hydrogen-bond donors (Lipinski definition) is 0. The molecule has 0 amide bonds. The van der Waals surface area contributed by atoms with E-state index in [1.54, 1.807) is 30.3 Å². The largest absolute Gasteiger partial charge is 0.465 e. The fourth-order valence-corrected chi connectivity index (χ4v) is 3.30. The molecule has 6 nitrogen and oxygen atoms in total. The molecule has 0 saturated heterocycles. The number of halogens is 1. The van der Waals surface area contributed by atoms with Crippen LogP contribution in [0.2, 0.25) is 5.02 Å². The van der Waals surface area contributed by atoms with Crippen LogP contribution in [0.3, 0.4) is 0 Å². The molecule has 0 aliphatic rings. The van der Waals surface area contributed by atoms with Crippen molar-refractivity contribution in [3.8, 4) is 5.75 Å². The van der Waals surface area contributed by atoms with Gasteiger partial charge in [-0.2, -0.15) is 0 Å². The summed E-state index contributed by atoms with van der Waals surface area (Å²) in [5.41, 5.74) is 0.416. The van der Waals surface area contributed by atoms with Gasteiger partial charge in [-0.1, -0.05) is 41.1 Å². The molecular formula is C14H9ClN2O4S. The fourth-order valence-electron chi connectivity index (χ4n) is 2.06. The van der Waals surface area contributed by atoms with Crippen molar-refractivity contribution in [2.45, 2.75) is 6.73 Å². The van der Waals surface area contributed by atoms with Gasteiger partial charge in [0.2, 0.25) is 0 Å². The number of rotatable bonds is 4. The molecule has 1 aromatic heterocycles. The van der Waals surface area contributed by atoms with Crippen molar-refractivity contribution in [3.63, 3.8) is 0 Å². The Kier molecular flexibility index (Phi) is 3.82. The summed E-state index contributed by atoms with van der Waals surface area (Å²) >= 11 is 7.17. The molecule has 22 heavy (non-hydrogen) atoms. The zero-order valence-corrected chi connectivity index (χ0v) is 12.6. The van der Waals surface area contributed by atoms with Crippen LogP contribution in [0.1, 0.15) is 0 Å². The maximum Gasteiger partial charge on any atom is 0.311 e. The molecule has 8 heteroatoms. The lowest BCUT2D eigenvalue weighted by atomic mass is 10.3. The molecule has 0 fully saturated rings. The highest BCUT2D eigenvalue weighted by Crippen LogP contribution is 2.28. The minimum Gasteiger partial charge on any atom is -0.465 e. The Hall–Kier alpha value is -2.38. The normalized spacial score (nSPS) is 10.8. The molecule has 0 N–H and O–H groups in total. The van der Waals surface area contributed by atoms with Gasteiger partial charge in [-0.05, 0) is 18.2 Å². The molecule has 0 saturated carbocycles. The van der Waals surface area contributed by atoms with Crippen molar-refractivity contribution in [1.29, 1.82) is 0 Å². The Morgan fingerprint density at radius 1 is 1.23 bits per heavy atom. The van der Waals surface area contributed by atoms with Crippen molar-refractivity contribution in [2.24, 2.45) is 0 Å². The van der Waals surface area contributed by atoms with Gasteiger partial charge in [-0.3, -0.25) is 19.5 Å². The highest BCUT2D eigenvalue weighted by molar-refractivity contribution is 7.16. The molecule has 3 aromatic rings. The number of nitrogens with zero attached hydrogens (tertiary/aromatic N) is 2. The quantitative estimate of drug-likeness (QED) is 0.538. The molecule has 0 spiro atoms. The lowest BCUT2D eigenvalue weighted by molar-refractivity contribution is -0.386. The Labute approximate surface area is 133 Å². The van der Waals surface area contributed by atoms with Gasteiger partial charge in [-0.15, -0.1) is 0 Å². The van der Waals surface area contributed by atoms with Gasteiger partial charge in [0.05, 0.1) is 20.2 Å². The highest BCUT2D eigenvalue weighted by atomic mass is 35.5. The average molecular weight is 337 g/mol. The molecule has 3 rings (SSSR count). The van der Waals surface area contributed by atoms with Crippen LogP contribution in [0.4, 0.5) is 5.69 Å². The first kappa shape index (κ1) is 14.6. The third-order valence-corrected chi connectivity index (χ3v) is 4.30. The zero-order chi connectivity index (χ0) is 15.7. The van der Waals surface area contributed by atoms with Crippen molar-refractivity contribution < 1.29 is 9.66 Å². The Morgan fingerprint density at radius 2 is 2.00 bits per heavy atom. The zero-order valence-electron chi connectivity index (χ0n) is 11.1. The van der Waals surface area contributed by atoms with Crippen molar-refractivity contribution in [3.05, 3.63) is 67.3 Å². The third kappa shape index (κ3) is 2.56. The van der Waals surface area contributed by atoms with E-state index in [1.165, 1.54) is 16.7 Å². The number of nitro groups is 1. The lowest BCUT2D eigenvalue weighted by Crippen LogP contribution is -2.17. The van der Waals surface area contributed by atoms with E-state index in [2.05, 4.69) is 0 Å². The van der Waals surface area contributed by atoms with Gasteiger partial charge in [0.1, 0.15) is 0 Å². The highest BCUT2D eigenvalue weighted by Gasteiger charge is 2.16. The maximum absolute atomic E-state index is 12.0. The van der Waals surface area contributed by atoms with Gasteiger partial charge in [0, 0.05) is 6.07 Å². The average Bonchev–Trinajstić information content (AvgIpc) is 2.82. The molecule has 112 valence electrons.